The van der Waals surface area contributed by atoms with Gasteiger partial charge in [-0.3, -0.25) is 9.59 Å². The van der Waals surface area contributed by atoms with Crippen LogP contribution in [0.1, 0.15) is 49.9 Å². The maximum atomic E-state index is 17.3. The third kappa shape index (κ3) is 2.92. The Morgan fingerprint density at radius 2 is 2.05 bits per heavy atom. The number of halogens is 2. The van der Waals surface area contributed by atoms with Gasteiger partial charge in [0.2, 0.25) is 5.78 Å². The maximum absolute atomic E-state index is 17.3. The first-order valence-corrected chi connectivity index (χ1v) is 13.1. The number of Topliss-reactive ketones (excluding diaryl/α,β-unsaturated/α-hetero) is 1. The lowest BCUT2D eigenvalue weighted by molar-refractivity contribution is -0.309. The Hall–Kier alpha value is -2.91. The van der Waals surface area contributed by atoms with Crippen LogP contribution in [0.5, 0.6) is 0 Å². The van der Waals surface area contributed by atoms with Gasteiger partial charge in [-0.1, -0.05) is 18.6 Å². The molecular formula is C29H31F2NO6. The summed E-state index contributed by atoms with van der Waals surface area (Å²) in [7, 11) is 0. The van der Waals surface area contributed by atoms with E-state index in [1.54, 1.807) is 13.0 Å². The molecule has 1 aromatic rings. The number of carbonyl (C=O) groups excluding carboxylic acids is 3. The first-order valence-electron chi connectivity index (χ1n) is 13.1. The highest BCUT2D eigenvalue weighted by molar-refractivity contribution is 6.01. The summed E-state index contributed by atoms with van der Waals surface area (Å²) in [6.07, 6.45) is 4.62. The van der Waals surface area contributed by atoms with Crippen LogP contribution in [0.15, 0.2) is 42.0 Å². The van der Waals surface area contributed by atoms with E-state index in [9.17, 15) is 23.9 Å². The molecule has 202 valence electrons. The summed E-state index contributed by atoms with van der Waals surface area (Å²) in [6, 6.07) is 3.32. The van der Waals surface area contributed by atoms with Crippen molar-refractivity contribution in [2.24, 2.45) is 28.6 Å². The van der Waals surface area contributed by atoms with Crippen LogP contribution in [0.25, 0.3) is 0 Å². The van der Waals surface area contributed by atoms with Crippen LogP contribution in [-0.2, 0) is 19.1 Å². The fraction of sp³-hybridized carbons (Fsp3) is 0.552. The second kappa shape index (κ2) is 8.05. The van der Waals surface area contributed by atoms with E-state index in [0.717, 1.165) is 12.1 Å². The van der Waals surface area contributed by atoms with Crippen molar-refractivity contribution in [2.75, 3.05) is 18.9 Å². The van der Waals surface area contributed by atoms with E-state index in [-0.39, 0.29) is 41.9 Å². The van der Waals surface area contributed by atoms with Gasteiger partial charge in [0.25, 0.3) is 0 Å². The third-order valence-electron chi connectivity index (χ3n) is 10.4. The average Bonchev–Trinajstić information content (AvgIpc) is 3.02. The molecule has 5 aliphatic rings. The van der Waals surface area contributed by atoms with Crippen LogP contribution >= 0.6 is 0 Å². The molecule has 0 aromatic heterocycles. The zero-order valence-corrected chi connectivity index (χ0v) is 21.3. The van der Waals surface area contributed by atoms with Crippen LogP contribution in [0.4, 0.5) is 14.5 Å². The number of carbonyl (C=O) groups is 3. The molecule has 0 bridgehead atoms. The van der Waals surface area contributed by atoms with Gasteiger partial charge in [-0.05, 0) is 74.8 Å². The number of aliphatic hydroxyl groups excluding tert-OH is 1. The molecule has 8 atom stereocenters. The molecule has 1 saturated heterocycles. The van der Waals surface area contributed by atoms with Crippen molar-refractivity contribution in [2.45, 2.75) is 56.9 Å². The van der Waals surface area contributed by atoms with Gasteiger partial charge in [0.1, 0.15) is 11.4 Å². The number of anilines is 1. The Labute approximate surface area is 219 Å². The van der Waals surface area contributed by atoms with Crippen molar-refractivity contribution in [3.05, 3.63) is 53.4 Å². The number of ether oxygens (including phenoxy) is 2. The quantitative estimate of drug-likeness (QED) is 0.455. The highest BCUT2D eigenvalue weighted by atomic mass is 19.1. The van der Waals surface area contributed by atoms with Gasteiger partial charge in [0.05, 0.1) is 18.3 Å². The maximum Gasteiger partial charge on any atom is 0.340 e. The number of nitrogens with two attached hydrogens (primary N) is 1. The summed E-state index contributed by atoms with van der Waals surface area (Å²) in [5.41, 5.74) is 1.10. The molecule has 0 radical (unpaired) electrons. The Kier molecular flexibility index (Phi) is 5.38. The molecule has 9 heteroatoms. The minimum Gasteiger partial charge on any atom is -0.454 e. The number of hydrogen-bond donors (Lipinski definition) is 2. The van der Waals surface area contributed by atoms with E-state index < -0.39 is 58.3 Å². The van der Waals surface area contributed by atoms with Crippen LogP contribution in [0, 0.1) is 34.4 Å². The van der Waals surface area contributed by atoms with Crippen molar-refractivity contribution in [1.29, 1.82) is 0 Å². The second-order valence-corrected chi connectivity index (χ2v) is 11.9. The van der Waals surface area contributed by atoms with E-state index in [0.29, 0.717) is 24.8 Å². The predicted octanol–water partition coefficient (Wildman–Crippen LogP) is 3.50. The average molecular weight is 528 g/mol. The minimum atomic E-state index is -2.00. The van der Waals surface area contributed by atoms with Crippen molar-refractivity contribution in [3.8, 4) is 0 Å². The molecule has 4 fully saturated rings. The first kappa shape index (κ1) is 25.4. The zero-order valence-electron chi connectivity index (χ0n) is 21.3. The molecule has 0 amide bonds. The fourth-order valence-corrected chi connectivity index (χ4v) is 8.68. The van der Waals surface area contributed by atoms with Crippen molar-refractivity contribution >= 4 is 23.2 Å². The Morgan fingerprint density at radius 3 is 2.76 bits per heavy atom. The molecule has 1 spiro atoms. The normalized spacial score (nSPS) is 42.7. The summed E-state index contributed by atoms with van der Waals surface area (Å²) < 4.78 is 42.2. The molecule has 3 N–H and O–H groups in total. The van der Waals surface area contributed by atoms with Gasteiger partial charge in [0.15, 0.2) is 18.1 Å². The van der Waals surface area contributed by atoms with Crippen LogP contribution < -0.4 is 5.73 Å². The summed E-state index contributed by atoms with van der Waals surface area (Å²) in [6.45, 7) is 3.23. The van der Waals surface area contributed by atoms with Gasteiger partial charge < -0.3 is 20.3 Å². The van der Waals surface area contributed by atoms with Gasteiger partial charge in [-0.2, -0.15) is 0 Å². The van der Waals surface area contributed by atoms with Crippen molar-refractivity contribution in [3.63, 3.8) is 0 Å². The molecule has 38 heavy (non-hydrogen) atoms. The summed E-state index contributed by atoms with van der Waals surface area (Å²) in [4.78, 5) is 38.3. The Balaban J connectivity index is 1.29. The zero-order chi connectivity index (χ0) is 27.3. The number of esters is 1. The molecule has 3 saturated carbocycles. The number of ketones is 2. The molecule has 1 heterocycles. The molecule has 4 aliphatic carbocycles. The SMILES string of the molecule is C[C@@H]1CC2[C@@H]3CCC4=CC(=O)C=C[C@]4(C)[C@@]3(F)[C@@H](O)C[C@@]23CO[C@]13C(=O)COC(=O)c1cc(F)ccc1N. The van der Waals surface area contributed by atoms with Crippen LogP contribution in [-0.4, -0.2) is 53.2 Å². The second-order valence-electron chi connectivity index (χ2n) is 11.9. The standard InChI is InChI=1S/C29H31F2NO6/c1-15-9-21-20-5-3-16-10-18(33)7-8-26(16,2)28(20,31)23(34)12-27(21)14-38-29(15,27)24(35)13-37-25(36)19-11-17(30)4-6-22(19)32/h4,6-8,10-11,15,20-21,23,34H,3,5,9,12-14,32H2,1-2H3/t15-,20+,21?,23+,26+,27-,28+,29+/m1/s1. The van der Waals surface area contributed by atoms with E-state index in [2.05, 4.69) is 0 Å². The lowest BCUT2D eigenvalue weighted by Gasteiger charge is -2.67. The molecule has 7 nitrogen and oxygen atoms in total. The number of alkyl halides is 1. The number of benzene rings is 1. The summed E-state index contributed by atoms with van der Waals surface area (Å²) >= 11 is 0. The smallest absolute Gasteiger partial charge is 0.340 e. The molecular weight excluding hydrogens is 496 g/mol. The highest BCUT2D eigenvalue weighted by Crippen LogP contribution is 2.74. The van der Waals surface area contributed by atoms with Gasteiger partial charge >= 0.3 is 5.97 Å². The van der Waals surface area contributed by atoms with Gasteiger partial charge in [0, 0.05) is 22.4 Å². The van der Waals surface area contributed by atoms with Crippen molar-refractivity contribution < 1.29 is 37.7 Å². The Morgan fingerprint density at radius 1 is 1.29 bits per heavy atom. The third-order valence-corrected chi connectivity index (χ3v) is 10.4. The predicted molar refractivity (Wildman–Crippen MR) is 132 cm³/mol. The van der Waals surface area contributed by atoms with E-state index >= 15 is 4.39 Å². The highest BCUT2D eigenvalue weighted by Gasteiger charge is 2.81. The number of nitrogen functional groups attached to an aromatic ring is 1. The number of rotatable bonds is 4. The molecule has 1 aromatic carbocycles. The van der Waals surface area contributed by atoms with E-state index in [1.165, 1.54) is 18.2 Å². The monoisotopic (exact) mass is 527 g/mol. The number of allylic oxidation sites excluding steroid dienone is 4. The summed E-state index contributed by atoms with van der Waals surface area (Å²) in [5.74, 6) is -3.29. The van der Waals surface area contributed by atoms with E-state index in [4.69, 9.17) is 15.2 Å². The Bertz CT molecular complexity index is 1330. The molecule has 6 rings (SSSR count). The van der Waals surface area contributed by atoms with Gasteiger partial charge in [-0.15, -0.1) is 0 Å². The van der Waals surface area contributed by atoms with Crippen LogP contribution in [0.3, 0.4) is 0 Å². The largest absolute Gasteiger partial charge is 0.454 e. The number of aliphatic hydroxyl groups is 1. The molecule has 1 aliphatic heterocycles. The topological polar surface area (TPSA) is 116 Å². The summed E-state index contributed by atoms with van der Waals surface area (Å²) in [5, 5.41) is 11.5. The number of fused-ring (bicyclic) bond motifs is 4. The first-order chi connectivity index (χ1) is 17.9. The lowest BCUT2D eigenvalue weighted by atomic mass is 9.43. The fourth-order valence-electron chi connectivity index (χ4n) is 8.68. The van der Waals surface area contributed by atoms with Gasteiger partial charge in [-0.25, -0.2) is 13.6 Å². The minimum absolute atomic E-state index is 0.0240. The van der Waals surface area contributed by atoms with Crippen molar-refractivity contribution in [1.82, 2.24) is 0 Å². The van der Waals surface area contributed by atoms with E-state index in [1.807, 2.05) is 6.92 Å². The lowest BCUT2D eigenvalue weighted by Crippen LogP contribution is -2.76. The number of hydrogen-bond acceptors (Lipinski definition) is 7. The molecule has 1 unspecified atom stereocenters. The van der Waals surface area contributed by atoms with Crippen LogP contribution in [0.2, 0.25) is 0 Å².